The van der Waals surface area contributed by atoms with Gasteiger partial charge in [0, 0.05) is 24.5 Å². The molecule has 6 heteroatoms. The molecule has 20 heavy (non-hydrogen) atoms. The maximum atomic E-state index is 12.7. The lowest BCUT2D eigenvalue weighted by Gasteiger charge is -2.33. The quantitative estimate of drug-likeness (QED) is 0.821. The zero-order chi connectivity index (χ0) is 14.8. The van der Waals surface area contributed by atoms with Crippen LogP contribution in [0.5, 0.6) is 0 Å². The highest BCUT2D eigenvalue weighted by Crippen LogP contribution is 2.39. The minimum atomic E-state index is -4.17. The van der Waals surface area contributed by atoms with Gasteiger partial charge in [0.25, 0.3) is 0 Å². The lowest BCUT2D eigenvalue weighted by molar-refractivity contribution is -0.186. The molecule has 1 aliphatic carbocycles. The van der Waals surface area contributed by atoms with Crippen molar-refractivity contribution in [3.05, 3.63) is 0 Å². The number of hydrogen-bond donors (Lipinski definition) is 2. The number of nitrogens with one attached hydrogen (secondary N) is 2. The molecule has 2 fully saturated rings. The first-order valence-corrected chi connectivity index (χ1v) is 7.46. The van der Waals surface area contributed by atoms with Gasteiger partial charge in [0.1, 0.15) is 0 Å². The van der Waals surface area contributed by atoms with E-state index >= 15 is 0 Å². The van der Waals surface area contributed by atoms with Crippen LogP contribution in [0.3, 0.4) is 0 Å². The van der Waals surface area contributed by atoms with Crippen LogP contribution >= 0.6 is 0 Å². The van der Waals surface area contributed by atoms with E-state index in [0.29, 0.717) is 25.4 Å². The van der Waals surface area contributed by atoms with E-state index in [4.69, 9.17) is 0 Å². The summed E-state index contributed by atoms with van der Waals surface area (Å²) in [5.41, 5.74) is 0. The second kappa shape index (κ2) is 6.33. The molecule has 0 radical (unpaired) electrons. The van der Waals surface area contributed by atoms with E-state index in [1.165, 1.54) is 0 Å². The Morgan fingerprint density at radius 2 is 1.95 bits per heavy atom. The molecule has 0 aromatic carbocycles. The standard InChI is InChI=1S/C14H23F3N2O/c1-9-5-6-12(8-18-9)19-13(20)10-3-2-4-11(7-10)14(15,16)17/h9-12,18H,2-8H2,1H3,(H,19,20). The number of carbonyl (C=O) groups is 1. The third-order valence-corrected chi connectivity index (χ3v) is 4.52. The van der Waals surface area contributed by atoms with Crippen LogP contribution in [0.4, 0.5) is 13.2 Å². The normalized spacial score (nSPS) is 35.6. The second-order valence-electron chi connectivity index (χ2n) is 6.19. The van der Waals surface area contributed by atoms with Gasteiger partial charge in [-0.15, -0.1) is 0 Å². The highest BCUT2D eigenvalue weighted by molar-refractivity contribution is 5.79. The van der Waals surface area contributed by atoms with Gasteiger partial charge in [-0.1, -0.05) is 6.42 Å². The van der Waals surface area contributed by atoms with Crippen LogP contribution in [0.25, 0.3) is 0 Å². The summed E-state index contributed by atoms with van der Waals surface area (Å²) in [5, 5.41) is 6.19. The second-order valence-corrected chi connectivity index (χ2v) is 6.19. The molecule has 4 atom stereocenters. The number of rotatable bonds is 2. The number of piperidine rings is 1. The van der Waals surface area contributed by atoms with E-state index in [2.05, 4.69) is 17.6 Å². The van der Waals surface area contributed by atoms with E-state index in [1.807, 2.05) is 0 Å². The molecule has 2 aliphatic rings. The molecule has 1 amide bonds. The molecule has 0 spiro atoms. The summed E-state index contributed by atoms with van der Waals surface area (Å²) in [7, 11) is 0. The molecule has 0 bridgehead atoms. The van der Waals surface area contributed by atoms with Crippen LogP contribution in [0.1, 0.15) is 45.4 Å². The van der Waals surface area contributed by atoms with Crippen molar-refractivity contribution in [1.82, 2.24) is 10.6 Å². The highest BCUT2D eigenvalue weighted by atomic mass is 19.4. The number of hydrogen-bond acceptors (Lipinski definition) is 2. The SMILES string of the molecule is CC1CCC(NC(=O)C2CCCC(C(F)(F)F)C2)CN1. The smallest absolute Gasteiger partial charge is 0.352 e. The van der Waals surface area contributed by atoms with E-state index in [9.17, 15) is 18.0 Å². The highest BCUT2D eigenvalue weighted by Gasteiger charge is 2.43. The van der Waals surface area contributed by atoms with E-state index < -0.39 is 18.0 Å². The molecule has 1 aliphatic heterocycles. The monoisotopic (exact) mass is 292 g/mol. The van der Waals surface area contributed by atoms with E-state index in [1.54, 1.807) is 0 Å². The van der Waals surface area contributed by atoms with Crippen molar-refractivity contribution in [2.24, 2.45) is 11.8 Å². The fourth-order valence-corrected chi connectivity index (χ4v) is 3.17. The average molecular weight is 292 g/mol. The first-order chi connectivity index (χ1) is 9.36. The van der Waals surface area contributed by atoms with Gasteiger partial charge >= 0.3 is 6.18 Å². The van der Waals surface area contributed by atoms with Crippen molar-refractivity contribution < 1.29 is 18.0 Å². The fourth-order valence-electron chi connectivity index (χ4n) is 3.17. The van der Waals surface area contributed by atoms with Crippen LogP contribution in [0.2, 0.25) is 0 Å². The maximum Gasteiger partial charge on any atom is 0.391 e. The molecule has 2 rings (SSSR count). The summed E-state index contributed by atoms with van der Waals surface area (Å²) in [6.07, 6.45) is -1.10. The summed E-state index contributed by atoms with van der Waals surface area (Å²) < 4.78 is 38.2. The van der Waals surface area contributed by atoms with Gasteiger partial charge in [0.05, 0.1) is 5.92 Å². The predicted molar refractivity (Wildman–Crippen MR) is 70.1 cm³/mol. The summed E-state index contributed by atoms with van der Waals surface area (Å²) in [6, 6.07) is 0.511. The van der Waals surface area contributed by atoms with Gasteiger partial charge in [-0.25, -0.2) is 0 Å². The lowest BCUT2D eigenvalue weighted by Crippen LogP contribution is -2.50. The molecule has 0 aromatic heterocycles. The Kier molecular flexibility index (Phi) is 4.94. The Bertz CT molecular complexity index is 338. The molecular weight excluding hydrogens is 269 g/mol. The van der Waals surface area contributed by atoms with E-state index in [0.717, 1.165) is 12.8 Å². The lowest BCUT2D eigenvalue weighted by atomic mass is 9.80. The average Bonchev–Trinajstić information content (AvgIpc) is 2.40. The molecule has 4 unspecified atom stereocenters. The minimum absolute atomic E-state index is 0.0497. The van der Waals surface area contributed by atoms with Crippen LogP contribution in [0, 0.1) is 11.8 Å². The van der Waals surface area contributed by atoms with Gasteiger partial charge in [-0.05, 0) is 39.0 Å². The number of alkyl halides is 3. The van der Waals surface area contributed by atoms with E-state index in [-0.39, 0.29) is 24.8 Å². The third-order valence-electron chi connectivity index (χ3n) is 4.52. The third kappa shape index (κ3) is 4.11. The van der Waals surface area contributed by atoms with Crippen LogP contribution in [0.15, 0.2) is 0 Å². The Hall–Kier alpha value is -0.780. The van der Waals surface area contributed by atoms with Gasteiger partial charge < -0.3 is 10.6 Å². The maximum absolute atomic E-state index is 12.7. The van der Waals surface area contributed by atoms with Gasteiger partial charge in [-0.3, -0.25) is 4.79 Å². The van der Waals surface area contributed by atoms with Crippen molar-refractivity contribution in [1.29, 1.82) is 0 Å². The van der Waals surface area contributed by atoms with Crippen LogP contribution < -0.4 is 10.6 Å². The number of carbonyl (C=O) groups excluding carboxylic acids is 1. The van der Waals surface area contributed by atoms with Crippen molar-refractivity contribution in [2.75, 3.05) is 6.54 Å². The summed E-state index contributed by atoms with van der Waals surface area (Å²) >= 11 is 0. The van der Waals surface area contributed by atoms with Crippen molar-refractivity contribution in [3.8, 4) is 0 Å². The number of halogens is 3. The predicted octanol–water partition coefficient (Wildman–Crippen LogP) is 2.61. The first kappa shape index (κ1) is 15.6. The zero-order valence-electron chi connectivity index (χ0n) is 11.8. The topological polar surface area (TPSA) is 41.1 Å². The molecule has 2 N–H and O–H groups in total. The van der Waals surface area contributed by atoms with Gasteiger partial charge in [0.15, 0.2) is 0 Å². The Morgan fingerprint density at radius 3 is 2.55 bits per heavy atom. The minimum Gasteiger partial charge on any atom is -0.352 e. The van der Waals surface area contributed by atoms with Crippen LogP contribution in [-0.2, 0) is 4.79 Å². The number of amides is 1. The van der Waals surface area contributed by atoms with Gasteiger partial charge in [-0.2, -0.15) is 13.2 Å². The molecule has 0 aromatic rings. The summed E-state index contributed by atoms with van der Waals surface area (Å²) in [5.74, 6) is -1.98. The van der Waals surface area contributed by atoms with Crippen molar-refractivity contribution >= 4 is 5.91 Å². The van der Waals surface area contributed by atoms with Crippen molar-refractivity contribution in [3.63, 3.8) is 0 Å². The molecule has 3 nitrogen and oxygen atoms in total. The largest absolute Gasteiger partial charge is 0.391 e. The van der Waals surface area contributed by atoms with Gasteiger partial charge in [0.2, 0.25) is 5.91 Å². The molecule has 1 heterocycles. The molecule has 1 saturated carbocycles. The zero-order valence-corrected chi connectivity index (χ0v) is 11.8. The fraction of sp³-hybridized carbons (Fsp3) is 0.929. The summed E-state index contributed by atoms with van der Waals surface area (Å²) in [6.45, 7) is 2.80. The molecule has 1 saturated heterocycles. The first-order valence-electron chi connectivity index (χ1n) is 7.46. The van der Waals surface area contributed by atoms with Crippen molar-refractivity contribution in [2.45, 2.75) is 63.7 Å². The molecular formula is C14H23F3N2O. The Morgan fingerprint density at radius 1 is 1.20 bits per heavy atom. The Balaban J connectivity index is 1.83. The molecule has 116 valence electrons. The van der Waals surface area contributed by atoms with Crippen LogP contribution in [-0.4, -0.2) is 30.7 Å². The summed E-state index contributed by atoms with van der Waals surface area (Å²) in [4.78, 5) is 12.1. The Labute approximate surface area is 117 Å².